The number of nitrogens with zero attached hydrogens (tertiary/aromatic N) is 2. The van der Waals surface area contributed by atoms with Crippen molar-refractivity contribution in [3.63, 3.8) is 0 Å². The summed E-state index contributed by atoms with van der Waals surface area (Å²) >= 11 is 0. The van der Waals surface area contributed by atoms with Crippen molar-refractivity contribution in [1.82, 2.24) is 9.88 Å². The monoisotopic (exact) mass is 285 g/mol. The van der Waals surface area contributed by atoms with Crippen LogP contribution in [-0.2, 0) is 13.2 Å². The van der Waals surface area contributed by atoms with Gasteiger partial charge >= 0.3 is 0 Å². The summed E-state index contributed by atoms with van der Waals surface area (Å²) in [6.07, 6.45) is 1.56. The highest BCUT2D eigenvalue weighted by molar-refractivity contribution is 5.93. The smallest absolute Gasteiger partial charge is 0.254 e. The Balaban J connectivity index is 1.99. The number of carbonyl (C=O) groups is 1. The van der Waals surface area contributed by atoms with Crippen molar-refractivity contribution in [3.8, 4) is 0 Å². The molecular weight excluding hydrogens is 266 g/mol. The van der Waals surface area contributed by atoms with E-state index in [0.717, 1.165) is 11.1 Å². The van der Waals surface area contributed by atoms with Crippen LogP contribution >= 0.6 is 0 Å². The summed E-state index contributed by atoms with van der Waals surface area (Å²) < 4.78 is 0. The molecule has 5 nitrogen and oxygen atoms in total. The zero-order valence-electron chi connectivity index (χ0n) is 12.2. The van der Waals surface area contributed by atoms with Gasteiger partial charge in [-0.1, -0.05) is 24.3 Å². The molecule has 2 rings (SSSR count). The molecule has 0 bridgehead atoms. The van der Waals surface area contributed by atoms with E-state index in [1.165, 1.54) is 4.90 Å². The molecule has 1 aromatic carbocycles. The molecule has 0 radical (unpaired) electrons. The van der Waals surface area contributed by atoms with Gasteiger partial charge in [0, 0.05) is 26.8 Å². The van der Waals surface area contributed by atoms with E-state index in [-0.39, 0.29) is 12.5 Å². The van der Waals surface area contributed by atoms with E-state index in [1.807, 2.05) is 24.3 Å². The number of hydrogen-bond acceptors (Lipinski definition) is 4. The molecule has 21 heavy (non-hydrogen) atoms. The number of anilines is 1. The average Bonchev–Trinajstić information content (AvgIpc) is 2.53. The molecule has 0 fully saturated rings. The third-order valence-corrected chi connectivity index (χ3v) is 3.06. The van der Waals surface area contributed by atoms with Gasteiger partial charge in [0.15, 0.2) is 0 Å². The maximum Gasteiger partial charge on any atom is 0.254 e. The second-order valence-electron chi connectivity index (χ2n) is 4.96. The van der Waals surface area contributed by atoms with Crippen LogP contribution in [0.3, 0.4) is 0 Å². The summed E-state index contributed by atoms with van der Waals surface area (Å²) in [5.41, 5.74) is 2.51. The summed E-state index contributed by atoms with van der Waals surface area (Å²) in [6, 6.07) is 11.2. The Bertz CT molecular complexity index is 609. The predicted molar refractivity (Wildman–Crippen MR) is 81.9 cm³/mol. The molecule has 0 saturated carbocycles. The lowest BCUT2D eigenvalue weighted by atomic mass is 10.1. The van der Waals surface area contributed by atoms with E-state index in [0.29, 0.717) is 17.9 Å². The average molecular weight is 285 g/mol. The van der Waals surface area contributed by atoms with Crippen LogP contribution < -0.4 is 5.32 Å². The van der Waals surface area contributed by atoms with Crippen LogP contribution in [0.15, 0.2) is 42.6 Å². The lowest BCUT2D eigenvalue weighted by molar-refractivity contribution is 0.0827. The highest BCUT2D eigenvalue weighted by Crippen LogP contribution is 2.10. The number of hydrogen-bond donors (Lipinski definition) is 2. The fourth-order valence-corrected chi connectivity index (χ4v) is 1.91. The summed E-state index contributed by atoms with van der Waals surface area (Å²) in [5.74, 6) is 0.643. The van der Waals surface area contributed by atoms with Crippen molar-refractivity contribution in [2.24, 2.45) is 0 Å². The summed E-state index contributed by atoms with van der Waals surface area (Å²) in [4.78, 5) is 17.5. The number of nitrogens with one attached hydrogen (secondary N) is 1. The third kappa shape index (κ3) is 4.03. The zero-order chi connectivity index (χ0) is 15.2. The number of aromatic nitrogens is 1. The number of pyridine rings is 1. The Morgan fingerprint density at radius 3 is 2.62 bits per heavy atom. The number of amides is 1. The van der Waals surface area contributed by atoms with Gasteiger partial charge in [-0.15, -0.1) is 0 Å². The second kappa shape index (κ2) is 6.85. The maximum absolute atomic E-state index is 11.7. The quantitative estimate of drug-likeness (QED) is 0.880. The lowest BCUT2D eigenvalue weighted by Gasteiger charge is -2.11. The molecule has 2 aromatic rings. The summed E-state index contributed by atoms with van der Waals surface area (Å²) in [6.45, 7) is 0.648. The van der Waals surface area contributed by atoms with Crippen LogP contribution in [0.1, 0.15) is 21.5 Å². The molecule has 0 atom stereocenters. The number of rotatable bonds is 5. The first-order valence-corrected chi connectivity index (χ1v) is 6.70. The summed E-state index contributed by atoms with van der Waals surface area (Å²) in [5, 5.41) is 12.3. The minimum Gasteiger partial charge on any atom is -0.392 e. The van der Waals surface area contributed by atoms with Crippen LogP contribution in [0.5, 0.6) is 0 Å². The maximum atomic E-state index is 11.7. The van der Waals surface area contributed by atoms with Gasteiger partial charge in [0.05, 0.1) is 12.2 Å². The highest BCUT2D eigenvalue weighted by atomic mass is 16.3. The Kier molecular flexibility index (Phi) is 4.90. The lowest BCUT2D eigenvalue weighted by Crippen LogP contribution is -2.21. The van der Waals surface area contributed by atoms with Crippen LogP contribution in [0, 0.1) is 0 Å². The minimum absolute atomic E-state index is 0.0352. The Morgan fingerprint density at radius 2 is 2.00 bits per heavy atom. The minimum atomic E-state index is -0.0651. The zero-order valence-corrected chi connectivity index (χ0v) is 12.2. The van der Waals surface area contributed by atoms with Crippen LogP contribution in [0.25, 0.3) is 0 Å². The number of aliphatic hydroxyl groups is 1. The van der Waals surface area contributed by atoms with Gasteiger partial charge in [-0.05, 0) is 23.3 Å². The van der Waals surface area contributed by atoms with E-state index in [9.17, 15) is 4.79 Å². The van der Waals surface area contributed by atoms with E-state index in [4.69, 9.17) is 5.11 Å². The molecule has 110 valence electrons. The Labute approximate surface area is 124 Å². The molecule has 0 unspecified atom stereocenters. The first-order valence-electron chi connectivity index (χ1n) is 6.70. The van der Waals surface area contributed by atoms with Crippen molar-refractivity contribution in [3.05, 3.63) is 59.3 Å². The van der Waals surface area contributed by atoms with Crippen LogP contribution in [0.4, 0.5) is 5.82 Å². The fraction of sp³-hybridized carbons (Fsp3) is 0.250. The highest BCUT2D eigenvalue weighted by Gasteiger charge is 2.07. The largest absolute Gasteiger partial charge is 0.392 e. The van der Waals surface area contributed by atoms with Gasteiger partial charge in [-0.2, -0.15) is 0 Å². The molecule has 5 heteroatoms. The first kappa shape index (κ1) is 15.0. The molecule has 0 aliphatic rings. The molecule has 1 amide bonds. The van der Waals surface area contributed by atoms with Crippen molar-refractivity contribution in [1.29, 1.82) is 0 Å². The molecule has 0 saturated heterocycles. The van der Waals surface area contributed by atoms with E-state index >= 15 is 0 Å². The van der Waals surface area contributed by atoms with Crippen molar-refractivity contribution in [2.45, 2.75) is 13.2 Å². The van der Waals surface area contributed by atoms with Crippen molar-refractivity contribution in [2.75, 3.05) is 19.4 Å². The van der Waals surface area contributed by atoms with Gasteiger partial charge in [0.25, 0.3) is 5.91 Å². The third-order valence-electron chi connectivity index (χ3n) is 3.06. The predicted octanol–water partition coefficient (Wildman–Crippen LogP) is 1.89. The number of aliphatic hydroxyl groups excluding tert-OH is 1. The molecule has 0 aliphatic carbocycles. The van der Waals surface area contributed by atoms with Crippen molar-refractivity contribution < 1.29 is 9.90 Å². The Hall–Kier alpha value is -2.40. The first-order chi connectivity index (χ1) is 10.1. The van der Waals surface area contributed by atoms with E-state index in [2.05, 4.69) is 10.3 Å². The Morgan fingerprint density at radius 1 is 1.24 bits per heavy atom. The normalized spacial score (nSPS) is 10.2. The fourth-order valence-electron chi connectivity index (χ4n) is 1.91. The van der Waals surface area contributed by atoms with Gasteiger partial charge in [-0.3, -0.25) is 4.79 Å². The van der Waals surface area contributed by atoms with Crippen molar-refractivity contribution >= 4 is 11.7 Å². The van der Waals surface area contributed by atoms with E-state index in [1.54, 1.807) is 32.4 Å². The van der Waals surface area contributed by atoms with Gasteiger partial charge in [-0.25, -0.2) is 4.98 Å². The van der Waals surface area contributed by atoms with Crippen LogP contribution in [0.2, 0.25) is 0 Å². The molecule has 2 N–H and O–H groups in total. The topological polar surface area (TPSA) is 65.5 Å². The SMILES string of the molecule is CN(C)C(=O)c1ccc(NCc2cccc(CO)c2)nc1. The molecule has 0 spiro atoms. The van der Waals surface area contributed by atoms with Crippen LogP contribution in [-0.4, -0.2) is 35.0 Å². The second-order valence-corrected chi connectivity index (χ2v) is 4.96. The standard InChI is InChI=1S/C16H19N3O2/c1-19(2)16(21)14-6-7-15(18-10-14)17-9-12-4-3-5-13(8-12)11-20/h3-8,10,20H,9,11H2,1-2H3,(H,17,18). The molecule has 1 heterocycles. The number of benzene rings is 1. The number of carbonyl (C=O) groups excluding carboxylic acids is 1. The molecule has 0 aliphatic heterocycles. The van der Waals surface area contributed by atoms with Gasteiger partial charge < -0.3 is 15.3 Å². The molecular formula is C16H19N3O2. The van der Waals surface area contributed by atoms with E-state index < -0.39 is 0 Å². The van der Waals surface area contributed by atoms with Gasteiger partial charge in [0.1, 0.15) is 5.82 Å². The molecule has 1 aromatic heterocycles. The summed E-state index contributed by atoms with van der Waals surface area (Å²) in [7, 11) is 3.42. The van der Waals surface area contributed by atoms with Gasteiger partial charge in [0.2, 0.25) is 0 Å².